The van der Waals surface area contributed by atoms with E-state index in [0.29, 0.717) is 12.6 Å². The van der Waals surface area contributed by atoms with Crippen LogP contribution in [-0.4, -0.2) is 50.6 Å². The predicted octanol–water partition coefficient (Wildman–Crippen LogP) is 2.41. The molecule has 0 bridgehead atoms. The molecular formula is C22H29N3O3S. The second kappa shape index (κ2) is 9.41. The van der Waals surface area contributed by atoms with Crippen molar-refractivity contribution in [2.24, 2.45) is 0 Å². The molecule has 7 heteroatoms. The van der Waals surface area contributed by atoms with Gasteiger partial charge < -0.3 is 10.2 Å². The Bertz CT molecular complexity index is 931. The Morgan fingerprint density at radius 3 is 2.55 bits per heavy atom. The average Bonchev–Trinajstić information content (AvgIpc) is 3.00. The number of anilines is 1. The van der Waals surface area contributed by atoms with Gasteiger partial charge in [-0.3, -0.25) is 4.79 Å². The molecule has 1 atom stereocenters. The minimum atomic E-state index is -3.48. The number of para-hydroxylation sites is 1. The van der Waals surface area contributed by atoms with Crippen molar-refractivity contribution in [3.63, 3.8) is 0 Å². The van der Waals surface area contributed by atoms with Gasteiger partial charge in [0.15, 0.2) is 0 Å². The highest BCUT2D eigenvalue weighted by Gasteiger charge is 2.25. The fraction of sp³-hybridized carbons (Fsp3) is 0.409. The molecule has 3 rings (SSSR count). The number of fused-ring (bicyclic) bond motifs is 1. The number of rotatable bonds is 9. The van der Waals surface area contributed by atoms with Gasteiger partial charge in [0.25, 0.3) is 0 Å². The van der Waals surface area contributed by atoms with E-state index in [1.165, 1.54) is 15.6 Å². The maximum Gasteiger partial charge on any atom is 0.235 e. The smallest absolute Gasteiger partial charge is 0.235 e. The van der Waals surface area contributed by atoms with Gasteiger partial charge in [0.05, 0.1) is 12.8 Å². The summed E-state index contributed by atoms with van der Waals surface area (Å²) < 4.78 is 25.3. The third-order valence-electron chi connectivity index (χ3n) is 5.24. The molecule has 0 spiro atoms. The summed E-state index contributed by atoms with van der Waals surface area (Å²) in [6.07, 6.45) is 2.99. The van der Waals surface area contributed by atoms with E-state index in [1.807, 2.05) is 30.3 Å². The van der Waals surface area contributed by atoms with Crippen LogP contribution in [-0.2, 0) is 27.8 Å². The Labute approximate surface area is 173 Å². The number of carbonyl (C=O) groups excluding carboxylic acids is 1. The molecule has 1 N–H and O–H groups in total. The number of hydrogen-bond donors (Lipinski definition) is 1. The van der Waals surface area contributed by atoms with Gasteiger partial charge in [0.2, 0.25) is 15.9 Å². The van der Waals surface area contributed by atoms with Crippen LogP contribution in [0.1, 0.15) is 24.5 Å². The zero-order chi connectivity index (χ0) is 20.9. The molecular weight excluding hydrogens is 386 g/mol. The second-order valence-corrected chi connectivity index (χ2v) is 9.58. The van der Waals surface area contributed by atoms with Gasteiger partial charge in [-0.15, -0.1) is 0 Å². The molecule has 0 saturated carbocycles. The highest BCUT2D eigenvalue weighted by atomic mass is 32.2. The highest BCUT2D eigenvalue weighted by molar-refractivity contribution is 7.88. The summed E-state index contributed by atoms with van der Waals surface area (Å²) in [4.78, 5) is 14.7. The van der Waals surface area contributed by atoms with Crippen LogP contribution in [0.15, 0.2) is 54.6 Å². The molecule has 0 fully saturated rings. The van der Waals surface area contributed by atoms with Crippen LogP contribution >= 0.6 is 0 Å². The molecule has 0 saturated heterocycles. The third kappa shape index (κ3) is 5.81. The van der Waals surface area contributed by atoms with Gasteiger partial charge in [0.1, 0.15) is 0 Å². The van der Waals surface area contributed by atoms with E-state index in [-0.39, 0.29) is 19.0 Å². The minimum absolute atomic E-state index is 0.170. The van der Waals surface area contributed by atoms with Gasteiger partial charge >= 0.3 is 0 Å². The van der Waals surface area contributed by atoms with Crippen molar-refractivity contribution < 1.29 is 13.2 Å². The van der Waals surface area contributed by atoms with E-state index in [9.17, 15) is 13.2 Å². The Kier molecular flexibility index (Phi) is 6.92. The molecule has 156 valence electrons. The largest absolute Gasteiger partial charge is 0.368 e. The quantitative estimate of drug-likeness (QED) is 0.639. The Hall–Kier alpha value is -2.38. The Morgan fingerprint density at radius 2 is 1.83 bits per heavy atom. The van der Waals surface area contributed by atoms with Crippen molar-refractivity contribution in [2.45, 2.75) is 32.4 Å². The van der Waals surface area contributed by atoms with Crippen molar-refractivity contribution in [2.75, 3.05) is 30.8 Å². The fourth-order valence-electron chi connectivity index (χ4n) is 3.74. The third-order valence-corrected chi connectivity index (χ3v) is 6.43. The molecule has 1 heterocycles. The number of nitrogens with one attached hydrogen (secondary N) is 1. The number of sulfonamides is 1. The molecule has 6 nitrogen and oxygen atoms in total. The van der Waals surface area contributed by atoms with E-state index in [2.05, 4.69) is 41.4 Å². The predicted molar refractivity (Wildman–Crippen MR) is 116 cm³/mol. The molecule has 29 heavy (non-hydrogen) atoms. The number of benzene rings is 2. The van der Waals surface area contributed by atoms with Gasteiger partial charge in [-0.25, -0.2) is 8.42 Å². The number of carbonyl (C=O) groups is 1. The average molecular weight is 416 g/mol. The zero-order valence-electron chi connectivity index (χ0n) is 17.0. The molecule has 2 aromatic rings. The SMILES string of the molecule is C[C@@H]1Cc2ccccc2N1CCCNC(=O)CN(Cc1ccccc1)S(C)(=O)=O. The lowest BCUT2D eigenvalue weighted by Crippen LogP contribution is -2.40. The summed E-state index contributed by atoms with van der Waals surface area (Å²) in [7, 11) is -3.48. The van der Waals surface area contributed by atoms with Crippen LogP contribution in [0.5, 0.6) is 0 Å². The number of nitrogens with zero attached hydrogens (tertiary/aromatic N) is 2. The zero-order valence-corrected chi connectivity index (χ0v) is 17.9. The summed E-state index contributed by atoms with van der Waals surface area (Å²) >= 11 is 0. The van der Waals surface area contributed by atoms with Crippen LogP contribution in [0.4, 0.5) is 5.69 Å². The van der Waals surface area contributed by atoms with E-state index in [4.69, 9.17) is 0 Å². The first kappa shape index (κ1) is 21.3. The number of amides is 1. The van der Waals surface area contributed by atoms with Gasteiger partial charge in [-0.1, -0.05) is 48.5 Å². The lowest BCUT2D eigenvalue weighted by atomic mass is 10.1. The van der Waals surface area contributed by atoms with Gasteiger partial charge in [0, 0.05) is 31.4 Å². The van der Waals surface area contributed by atoms with Crippen molar-refractivity contribution in [3.05, 3.63) is 65.7 Å². The molecule has 0 aliphatic carbocycles. The molecule has 0 unspecified atom stereocenters. The molecule has 2 aromatic carbocycles. The van der Waals surface area contributed by atoms with Crippen molar-refractivity contribution in [3.8, 4) is 0 Å². The van der Waals surface area contributed by atoms with Crippen LogP contribution in [0.3, 0.4) is 0 Å². The maximum absolute atomic E-state index is 12.3. The van der Waals surface area contributed by atoms with E-state index >= 15 is 0 Å². The Morgan fingerprint density at radius 1 is 1.14 bits per heavy atom. The monoisotopic (exact) mass is 415 g/mol. The van der Waals surface area contributed by atoms with Gasteiger partial charge in [-0.2, -0.15) is 4.31 Å². The van der Waals surface area contributed by atoms with Gasteiger partial charge in [-0.05, 0) is 37.0 Å². The standard InChI is InChI=1S/C22H29N3O3S/c1-18-15-20-11-6-7-12-21(20)25(18)14-8-13-23-22(26)17-24(29(2,27)28)16-19-9-4-3-5-10-19/h3-7,9-12,18H,8,13-17H2,1-2H3,(H,23,26)/t18-/m1/s1. The van der Waals surface area contributed by atoms with Crippen LogP contribution < -0.4 is 10.2 Å². The first-order chi connectivity index (χ1) is 13.8. The minimum Gasteiger partial charge on any atom is -0.368 e. The molecule has 0 radical (unpaired) electrons. The summed E-state index contributed by atoms with van der Waals surface area (Å²) in [6, 6.07) is 18.2. The van der Waals surface area contributed by atoms with Crippen molar-refractivity contribution >= 4 is 21.6 Å². The van der Waals surface area contributed by atoms with Crippen LogP contribution in [0, 0.1) is 0 Å². The molecule has 0 aromatic heterocycles. The van der Waals surface area contributed by atoms with E-state index in [1.54, 1.807) is 0 Å². The van der Waals surface area contributed by atoms with E-state index in [0.717, 1.165) is 31.2 Å². The molecule has 1 amide bonds. The summed E-state index contributed by atoms with van der Waals surface area (Å²) in [5.74, 6) is -0.277. The van der Waals surface area contributed by atoms with E-state index < -0.39 is 10.0 Å². The second-order valence-electron chi connectivity index (χ2n) is 7.60. The van der Waals surface area contributed by atoms with Crippen LogP contribution in [0.2, 0.25) is 0 Å². The summed E-state index contributed by atoms with van der Waals surface area (Å²) in [5.41, 5.74) is 3.50. The van der Waals surface area contributed by atoms with Crippen LogP contribution in [0.25, 0.3) is 0 Å². The number of hydrogen-bond acceptors (Lipinski definition) is 4. The lowest BCUT2D eigenvalue weighted by Gasteiger charge is -2.25. The highest BCUT2D eigenvalue weighted by Crippen LogP contribution is 2.31. The topological polar surface area (TPSA) is 69.7 Å². The molecule has 1 aliphatic rings. The van der Waals surface area contributed by atoms with Crippen molar-refractivity contribution in [1.29, 1.82) is 0 Å². The fourth-order valence-corrected chi connectivity index (χ4v) is 4.48. The lowest BCUT2D eigenvalue weighted by molar-refractivity contribution is -0.121. The summed E-state index contributed by atoms with van der Waals surface area (Å²) in [6.45, 7) is 3.61. The Balaban J connectivity index is 1.47. The van der Waals surface area contributed by atoms with Crippen molar-refractivity contribution in [1.82, 2.24) is 9.62 Å². The first-order valence-corrected chi connectivity index (χ1v) is 11.8. The first-order valence-electron chi connectivity index (χ1n) is 9.95. The molecule has 1 aliphatic heterocycles. The maximum atomic E-state index is 12.3. The normalized spacial score (nSPS) is 16.1. The summed E-state index contributed by atoms with van der Waals surface area (Å²) in [5, 5.41) is 2.86.